The van der Waals surface area contributed by atoms with E-state index in [4.69, 9.17) is 11.6 Å². The van der Waals surface area contributed by atoms with Crippen LogP contribution >= 0.6 is 11.6 Å². The molecule has 4 nitrogen and oxygen atoms in total. The van der Waals surface area contributed by atoms with Gasteiger partial charge in [-0.3, -0.25) is 4.79 Å². The van der Waals surface area contributed by atoms with Crippen LogP contribution in [0.25, 0.3) is 5.69 Å². The molecule has 1 aromatic carbocycles. The van der Waals surface area contributed by atoms with Gasteiger partial charge in [-0.05, 0) is 50.5 Å². The molecule has 0 bridgehead atoms. The topological polar surface area (TPSA) is 38.1 Å². The van der Waals surface area contributed by atoms with Crippen LogP contribution in [0.2, 0.25) is 5.02 Å². The Kier molecular flexibility index (Phi) is 3.97. The summed E-state index contributed by atoms with van der Waals surface area (Å²) in [6.45, 7) is 3.63. The van der Waals surface area contributed by atoms with Gasteiger partial charge in [-0.2, -0.15) is 5.10 Å². The molecular weight excluding hydrogens is 286 g/mol. The van der Waals surface area contributed by atoms with Gasteiger partial charge in [-0.1, -0.05) is 11.6 Å². The molecule has 1 saturated heterocycles. The van der Waals surface area contributed by atoms with Crippen molar-refractivity contribution in [1.82, 2.24) is 14.7 Å². The first kappa shape index (κ1) is 14.1. The molecule has 3 rings (SSSR count). The lowest BCUT2D eigenvalue weighted by molar-refractivity contribution is 0.0723. The minimum atomic E-state index is 0.0902. The maximum atomic E-state index is 12.6. The van der Waals surface area contributed by atoms with E-state index in [1.807, 2.05) is 36.1 Å². The maximum absolute atomic E-state index is 12.6. The lowest BCUT2D eigenvalue weighted by Gasteiger charge is -2.26. The van der Waals surface area contributed by atoms with Gasteiger partial charge >= 0.3 is 0 Å². The summed E-state index contributed by atoms with van der Waals surface area (Å²) in [6.07, 6.45) is 5.07. The molecule has 1 aliphatic heterocycles. The van der Waals surface area contributed by atoms with Crippen molar-refractivity contribution in [3.63, 3.8) is 0 Å². The van der Waals surface area contributed by atoms with Crippen LogP contribution in [0.4, 0.5) is 0 Å². The molecule has 0 spiro atoms. The smallest absolute Gasteiger partial charge is 0.257 e. The third-order valence-corrected chi connectivity index (χ3v) is 4.21. The predicted octanol–water partition coefficient (Wildman–Crippen LogP) is 3.46. The Bertz CT molecular complexity index is 642. The summed E-state index contributed by atoms with van der Waals surface area (Å²) in [7, 11) is 0. The van der Waals surface area contributed by atoms with Gasteiger partial charge in [0.1, 0.15) is 0 Å². The number of likely N-dealkylation sites (tertiary alicyclic amines) is 1. The van der Waals surface area contributed by atoms with Crippen LogP contribution in [0.1, 0.15) is 35.3 Å². The number of carbonyl (C=O) groups is 1. The molecule has 5 heteroatoms. The molecule has 21 heavy (non-hydrogen) atoms. The third-order valence-electron chi connectivity index (χ3n) is 3.95. The number of piperidine rings is 1. The number of hydrogen-bond acceptors (Lipinski definition) is 2. The molecule has 2 heterocycles. The van der Waals surface area contributed by atoms with Gasteiger partial charge in [0.15, 0.2) is 0 Å². The van der Waals surface area contributed by atoms with E-state index in [2.05, 4.69) is 5.10 Å². The van der Waals surface area contributed by atoms with Crippen molar-refractivity contribution >= 4 is 17.5 Å². The van der Waals surface area contributed by atoms with Crippen molar-refractivity contribution in [3.05, 3.63) is 46.7 Å². The fourth-order valence-electron chi connectivity index (χ4n) is 2.73. The summed E-state index contributed by atoms with van der Waals surface area (Å²) in [5.41, 5.74) is 2.47. The van der Waals surface area contributed by atoms with Crippen molar-refractivity contribution in [2.24, 2.45) is 0 Å². The Labute approximate surface area is 129 Å². The molecule has 0 aliphatic carbocycles. The molecule has 0 saturated carbocycles. The highest BCUT2D eigenvalue weighted by molar-refractivity contribution is 6.30. The SMILES string of the molecule is Cc1c(C(=O)N2CCCCC2)cnn1-c1ccc(Cl)cc1. The van der Waals surface area contributed by atoms with Gasteiger partial charge in [-0.25, -0.2) is 4.68 Å². The fraction of sp³-hybridized carbons (Fsp3) is 0.375. The number of carbonyl (C=O) groups excluding carboxylic acids is 1. The summed E-state index contributed by atoms with van der Waals surface area (Å²) in [5, 5.41) is 5.05. The van der Waals surface area contributed by atoms with E-state index in [0.29, 0.717) is 10.6 Å². The van der Waals surface area contributed by atoms with E-state index in [1.165, 1.54) is 6.42 Å². The normalized spacial score (nSPS) is 15.2. The zero-order valence-electron chi connectivity index (χ0n) is 12.1. The highest BCUT2D eigenvalue weighted by Gasteiger charge is 2.22. The van der Waals surface area contributed by atoms with E-state index in [9.17, 15) is 4.79 Å². The number of nitrogens with zero attached hydrogens (tertiary/aromatic N) is 3. The first-order chi connectivity index (χ1) is 10.2. The fourth-order valence-corrected chi connectivity index (χ4v) is 2.86. The number of aromatic nitrogens is 2. The molecule has 1 aromatic heterocycles. The van der Waals surface area contributed by atoms with Crippen molar-refractivity contribution in [3.8, 4) is 5.69 Å². The average molecular weight is 304 g/mol. The van der Waals surface area contributed by atoms with Crippen molar-refractivity contribution in [1.29, 1.82) is 0 Å². The average Bonchev–Trinajstić information content (AvgIpc) is 2.90. The monoisotopic (exact) mass is 303 g/mol. The summed E-state index contributed by atoms with van der Waals surface area (Å²) in [5.74, 6) is 0.0902. The van der Waals surface area contributed by atoms with Gasteiger partial charge < -0.3 is 4.90 Å². The van der Waals surface area contributed by atoms with Gasteiger partial charge in [0.25, 0.3) is 5.91 Å². The summed E-state index contributed by atoms with van der Waals surface area (Å²) >= 11 is 5.91. The second kappa shape index (κ2) is 5.90. The Balaban J connectivity index is 1.88. The first-order valence-corrected chi connectivity index (χ1v) is 7.64. The van der Waals surface area contributed by atoms with Crippen molar-refractivity contribution < 1.29 is 4.79 Å². The lowest BCUT2D eigenvalue weighted by Crippen LogP contribution is -2.35. The molecule has 1 aliphatic rings. The highest BCUT2D eigenvalue weighted by atomic mass is 35.5. The number of rotatable bonds is 2. The number of hydrogen-bond donors (Lipinski definition) is 0. The Morgan fingerprint density at radius 2 is 1.81 bits per heavy atom. The summed E-state index contributed by atoms with van der Waals surface area (Å²) in [6, 6.07) is 7.45. The largest absolute Gasteiger partial charge is 0.339 e. The lowest BCUT2D eigenvalue weighted by atomic mass is 10.1. The van der Waals surface area contributed by atoms with Crippen LogP contribution in [0.15, 0.2) is 30.5 Å². The van der Waals surface area contributed by atoms with E-state index in [1.54, 1.807) is 10.9 Å². The summed E-state index contributed by atoms with van der Waals surface area (Å²) in [4.78, 5) is 14.5. The number of benzene rings is 1. The van der Waals surface area contributed by atoms with Crippen molar-refractivity contribution in [2.75, 3.05) is 13.1 Å². The number of halogens is 1. The minimum Gasteiger partial charge on any atom is -0.339 e. The molecular formula is C16H18ClN3O. The van der Waals surface area contributed by atoms with Crippen LogP contribution in [0.3, 0.4) is 0 Å². The minimum absolute atomic E-state index is 0.0902. The standard InChI is InChI=1S/C16H18ClN3O/c1-12-15(16(21)19-9-3-2-4-10-19)11-18-20(12)14-7-5-13(17)6-8-14/h5-8,11H,2-4,9-10H2,1H3. The Morgan fingerprint density at radius 1 is 1.14 bits per heavy atom. The van der Waals surface area contributed by atoms with E-state index in [-0.39, 0.29) is 5.91 Å². The quantitative estimate of drug-likeness (QED) is 0.852. The summed E-state index contributed by atoms with van der Waals surface area (Å²) < 4.78 is 1.79. The molecule has 0 radical (unpaired) electrons. The number of amides is 1. The maximum Gasteiger partial charge on any atom is 0.257 e. The van der Waals surface area contributed by atoms with Gasteiger partial charge in [0.05, 0.1) is 23.1 Å². The van der Waals surface area contributed by atoms with Gasteiger partial charge in [0.2, 0.25) is 0 Å². The van der Waals surface area contributed by atoms with Gasteiger partial charge in [0, 0.05) is 18.1 Å². The molecule has 1 fully saturated rings. The van der Waals surface area contributed by atoms with Gasteiger partial charge in [-0.15, -0.1) is 0 Å². The second-order valence-electron chi connectivity index (χ2n) is 5.38. The Morgan fingerprint density at radius 3 is 2.48 bits per heavy atom. The zero-order valence-corrected chi connectivity index (χ0v) is 12.8. The van der Waals surface area contributed by atoms with Crippen LogP contribution < -0.4 is 0 Å². The molecule has 0 unspecified atom stereocenters. The van der Waals surface area contributed by atoms with Crippen LogP contribution in [-0.2, 0) is 0 Å². The van der Waals surface area contributed by atoms with Crippen LogP contribution in [0.5, 0.6) is 0 Å². The van der Waals surface area contributed by atoms with E-state index in [0.717, 1.165) is 37.3 Å². The predicted molar refractivity (Wildman–Crippen MR) is 83.1 cm³/mol. The third kappa shape index (κ3) is 2.81. The van der Waals surface area contributed by atoms with Crippen molar-refractivity contribution in [2.45, 2.75) is 26.2 Å². The van der Waals surface area contributed by atoms with Crippen LogP contribution in [0, 0.1) is 6.92 Å². The second-order valence-corrected chi connectivity index (χ2v) is 5.82. The molecule has 110 valence electrons. The van der Waals surface area contributed by atoms with E-state index >= 15 is 0 Å². The first-order valence-electron chi connectivity index (χ1n) is 7.26. The highest BCUT2D eigenvalue weighted by Crippen LogP contribution is 2.19. The molecule has 2 aromatic rings. The molecule has 1 amide bonds. The van der Waals surface area contributed by atoms with E-state index < -0.39 is 0 Å². The Hall–Kier alpha value is -1.81. The molecule has 0 N–H and O–H groups in total. The van der Waals surface area contributed by atoms with Crippen LogP contribution in [-0.4, -0.2) is 33.7 Å². The molecule has 0 atom stereocenters. The zero-order chi connectivity index (χ0) is 14.8.